The molecule has 0 spiro atoms. The molecular weight excluding hydrogens is 420 g/mol. The Bertz CT molecular complexity index is 1320. The summed E-state index contributed by atoms with van der Waals surface area (Å²) in [5.41, 5.74) is 2.89. The lowest BCUT2D eigenvalue weighted by atomic mass is 10.2. The van der Waals surface area contributed by atoms with E-state index >= 15 is 0 Å². The highest BCUT2D eigenvalue weighted by Crippen LogP contribution is 2.22. The highest BCUT2D eigenvalue weighted by molar-refractivity contribution is 6.32. The number of aromatic nitrogens is 3. The Balaban J connectivity index is 1.80. The van der Waals surface area contributed by atoms with E-state index in [0.717, 1.165) is 31.0 Å². The Morgan fingerprint density at radius 1 is 0.906 bits per heavy atom. The zero-order valence-corrected chi connectivity index (χ0v) is 19.0. The fourth-order valence-corrected chi connectivity index (χ4v) is 3.86. The van der Waals surface area contributed by atoms with Gasteiger partial charge in [-0.2, -0.15) is 0 Å². The first-order valence-electron chi connectivity index (χ1n) is 10.7. The van der Waals surface area contributed by atoms with Gasteiger partial charge in [0.15, 0.2) is 0 Å². The van der Waals surface area contributed by atoms with Crippen LogP contribution in [0.2, 0.25) is 5.02 Å². The Labute approximate surface area is 192 Å². The number of benzene rings is 2. The maximum atomic E-state index is 13.4. The monoisotopic (exact) mass is 444 g/mol. The van der Waals surface area contributed by atoms with E-state index in [9.17, 15) is 4.79 Å². The van der Waals surface area contributed by atoms with Gasteiger partial charge in [-0.1, -0.05) is 55.8 Å². The number of fused-ring (bicyclic) bond motifs is 1. The number of para-hydroxylation sites is 2. The molecule has 2 aromatic heterocycles. The topological polar surface area (TPSA) is 51.0 Å². The van der Waals surface area contributed by atoms with E-state index in [-0.39, 0.29) is 5.56 Å². The molecule has 0 amide bonds. The van der Waals surface area contributed by atoms with Gasteiger partial charge < -0.3 is 0 Å². The van der Waals surface area contributed by atoms with Crippen molar-refractivity contribution in [3.63, 3.8) is 0 Å². The van der Waals surface area contributed by atoms with Gasteiger partial charge in [0, 0.05) is 6.54 Å². The van der Waals surface area contributed by atoms with Crippen LogP contribution in [-0.2, 0) is 6.54 Å². The van der Waals surface area contributed by atoms with Crippen molar-refractivity contribution in [2.75, 3.05) is 13.1 Å². The molecule has 0 aliphatic heterocycles. The molecule has 0 unspecified atom stereocenters. The van der Waals surface area contributed by atoms with E-state index in [1.165, 1.54) is 0 Å². The lowest BCUT2D eigenvalue weighted by molar-refractivity contribution is 0.292. The highest BCUT2D eigenvalue weighted by Gasteiger charge is 2.13. The molecule has 5 nitrogen and oxygen atoms in total. The Morgan fingerprint density at radius 3 is 2.44 bits per heavy atom. The van der Waals surface area contributed by atoms with Gasteiger partial charge in [-0.25, -0.2) is 4.98 Å². The normalized spacial score (nSPS) is 11.6. The first-order chi connectivity index (χ1) is 15.6. The summed E-state index contributed by atoms with van der Waals surface area (Å²) >= 11 is 6.44. The third-order valence-corrected chi connectivity index (χ3v) is 5.73. The number of rotatable bonds is 7. The van der Waals surface area contributed by atoms with Gasteiger partial charge in [0.2, 0.25) is 0 Å². The van der Waals surface area contributed by atoms with E-state index in [2.05, 4.69) is 18.7 Å². The van der Waals surface area contributed by atoms with Crippen LogP contribution in [0.5, 0.6) is 0 Å². The quantitative estimate of drug-likeness (QED) is 0.380. The molecule has 4 aromatic rings. The Hall–Kier alpha value is -3.28. The van der Waals surface area contributed by atoms with Crippen LogP contribution in [0.1, 0.15) is 31.1 Å². The molecule has 6 heteroatoms. The number of hydrogen-bond acceptors (Lipinski definition) is 4. The summed E-state index contributed by atoms with van der Waals surface area (Å²) < 4.78 is 1.56. The van der Waals surface area contributed by atoms with E-state index < -0.39 is 0 Å². The molecule has 0 aliphatic carbocycles. The van der Waals surface area contributed by atoms with Crippen molar-refractivity contribution in [3.8, 4) is 5.69 Å². The molecule has 32 heavy (non-hydrogen) atoms. The van der Waals surface area contributed by atoms with Crippen molar-refractivity contribution in [2.24, 2.45) is 0 Å². The fourth-order valence-electron chi connectivity index (χ4n) is 3.64. The molecule has 2 heterocycles. The summed E-state index contributed by atoms with van der Waals surface area (Å²) in [6, 6.07) is 20.6. The zero-order chi connectivity index (χ0) is 22.5. The first kappa shape index (κ1) is 21.9. The maximum absolute atomic E-state index is 13.4. The van der Waals surface area contributed by atoms with Crippen molar-refractivity contribution in [1.29, 1.82) is 0 Å². The number of pyridine rings is 1. The highest BCUT2D eigenvalue weighted by atomic mass is 35.5. The minimum absolute atomic E-state index is 0.161. The second kappa shape index (κ2) is 9.90. The number of nitrogens with zero attached hydrogens (tertiary/aromatic N) is 4. The predicted molar refractivity (Wildman–Crippen MR) is 132 cm³/mol. The van der Waals surface area contributed by atoms with Gasteiger partial charge in [0.1, 0.15) is 5.82 Å². The van der Waals surface area contributed by atoms with Gasteiger partial charge in [0.25, 0.3) is 5.56 Å². The van der Waals surface area contributed by atoms with Crippen LogP contribution in [-0.4, -0.2) is 32.5 Å². The number of halogens is 1. The van der Waals surface area contributed by atoms with Crippen molar-refractivity contribution < 1.29 is 0 Å². The summed E-state index contributed by atoms with van der Waals surface area (Å²) in [5, 5.41) is 1.03. The van der Waals surface area contributed by atoms with Crippen LogP contribution in [0.4, 0.5) is 0 Å². The summed E-state index contributed by atoms with van der Waals surface area (Å²) in [4.78, 5) is 25.2. The molecule has 0 atom stereocenters. The van der Waals surface area contributed by atoms with Gasteiger partial charge >= 0.3 is 0 Å². The van der Waals surface area contributed by atoms with Crippen LogP contribution in [0, 0.1) is 0 Å². The average molecular weight is 445 g/mol. The molecule has 4 rings (SSSR count). The SMILES string of the molecule is CCN(CC)Cc1cccc(/C=C/c2nc3ccccc3c(=O)n2-c2ccccc2Cl)n1. The summed E-state index contributed by atoms with van der Waals surface area (Å²) in [6.07, 6.45) is 3.70. The standard InChI is InChI=1S/C26H25ClN4O/c1-3-30(4-2)18-20-11-9-10-19(28-20)16-17-25-29-23-14-7-5-12-21(23)26(32)31(25)24-15-8-6-13-22(24)27/h5-17H,3-4,18H2,1-2H3/b17-16+. The minimum Gasteiger partial charge on any atom is -0.298 e. The Kier molecular flexibility index (Phi) is 6.78. The van der Waals surface area contributed by atoms with Gasteiger partial charge in [0.05, 0.1) is 33.0 Å². The van der Waals surface area contributed by atoms with Crippen molar-refractivity contribution >= 4 is 34.7 Å². The Morgan fingerprint density at radius 2 is 1.66 bits per heavy atom. The maximum Gasteiger partial charge on any atom is 0.266 e. The van der Waals surface area contributed by atoms with Crippen LogP contribution < -0.4 is 5.56 Å². The summed E-state index contributed by atoms with van der Waals surface area (Å²) in [6.45, 7) is 7.04. The van der Waals surface area contributed by atoms with E-state index in [4.69, 9.17) is 21.6 Å². The summed E-state index contributed by atoms with van der Waals surface area (Å²) in [5.74, 6) is 0.498. The minimum atomic E-state index is -0.161. The van der Waals surface area contributed by atoms with Crippen LogP contribution in [0.25, 0.3) is 28.7 Å². The summed E-state index contributed by atoms with van der Waals surface area (Å²) in [7, 11) is 0. The van der Waals surface area contributed by atoms with Crippen LogP contribution in [0.15, 0.2) is 71.5 Å². The molecule has 0 aliphatic rings. The molecule has 0 bridgehead atoms. The molecule has 0 radical (unpaired) electrons. The van der Waals surface area contributed by atoms with Crippen LogP contribution >= 0.6 is 11.6 Å². The van der Waals surface area contributed by atoms with Crippen molar-refractivity contribution in [1.82, 2.24) is 19.4 Å². The van der Waals surface area contributed by atoms with Gasteiger partial charge in [-0.05, 0) is 61.6 Å². The zero-order valence-electron chi connectivity index (χ0n) is 18.2. The number of hydrogen-bond donors (Lipinski definition) is 0. The molecular formula is C26H25ClN4O. The van der Waals surface area contributed by atoms with Gasteiger partial charge in [-0.3, -0.25) is 19.2 Å². The van der Waals surface area contributed by atoms with E-state index in [1.54, 1.807) is 16.7 Å². The molecule has 0 saturated heterocycles. The third kappa shape index (κ3) is 4.64. The molecule has 0 saturated carbocycles. The largest absolute Gasteiger partial charge is 0.298 e. The molecule has 0 fully saturated rings. The second-order valence-electron chi connectivity index (χ2n) is 7.43. The fraction of sp³-hybridized carbons (Fsp3) is 0.192. The average Bonchev–Trinajstić information content (AvgIpc) is 2.82. The molecule has 2 aromatic carbocycles. The van der Waals surface area contributed by atoms with E-state index in [1.807, 2.05) is 66.7 Å². The molecule has 0 N–H and O–H groups in total. The lowest BCUT2D eigenvalue weighted by Gasteiger charge is -2.17. The molecule has 162 valence electrons. The smallest absolute Gasteiger partial charge is 0.266 e. The van der Waals surface area contributed by atoms with E-state index in [0.29, 0.717) is 27.4 Å². The predicted octanol–water partition coefficient (Wildman–Crippen LogP) is 5.45. The van der Waals surface area contributed by atoms with Gasteiger partial charge in [-0.15, -0.1) is 0 Å². The first-order valence-corrected chi connectivity index (χ1v) is 11.1. The van der Waals surface area contributed by atoms with Crippen molar-refractivity contribution in [2.45, 2.75) is 20.4 Å². The van der Waals surface area contributed by atoms with Crippen molar-refractivity contribution in [3.05, 3.63) is 99.3 Å². The second-order valence-corrected chi connectivity index (χ2v) is 7.83. The lowest BCUT2D eigenvalue weighted by Crippen LogP contribution is -2.23. The van der Waals surface area contributed by atoms with Crippen LogP contribution in [0.3, 0.4) is 0 Å². The third-order valence-electron chi connectivity index (χ3n) is 5.41.